The van der Waals surface area contributed by atoms with E-state index in [-0.39, 0.29) is 22.2 Å². The monoisotopic (exact) mass is 521 g/mol. The maximum Gasteiger partial charge on any atom is 0.273 e. The molecule has 9 heteroatoms. The lowest BCUT2D eigenvalue weighted by Gasteiger charge is -2.31. The Bertz CT molecular complexity index is 1250. The molecule has 3 rings (SSSR count). The molecule has 0 aliphatic rings. The van der Waals surface area contributed by atoms with E-state index in [1.54, 1.807) is 0 Å². The number of carbonyl (C=O) groups is 3. The molecule has 0 radical (unpaired) electrons. The second-order valence-corrected chi connectivity index (χ2v) is 10.6. The number of benzene rings is 2. The second-order valence-electron chi connectivity index (χ2n) is 9.85. The molecule has 1 heterocycles. The molecule has 0 unspecified atom stereocenters. The fourth-order valence-electron chi connectivity index (χ4n) is 3.89. The number of anilines is 2. The molecule has 0 saturated carbocycles. The minimum absolute atomic E-state index is 0.0498. The zero-order valence-electron chi connectivity index (χ0n) is 21.9. The highest BCUT2D eigenvalue weighted by Gasteiger charge is 2.36. The lowest BCUT2D eigenvalue weighted by molar-refractivity contribution is -0.122. The summed E-state index contributed by atoms with van der Waals surface area (Å²) in [6.07, 6.45) is 0.799. The summed E-state index contributed by atoms with van der Waals surface area (Å²) in [5.41, 5.74) is 14.6. The number of primary amides is 1. The number of aryl methyl sites for hydroxylation is 1. The van der Waals surface area contributed by atoms with E-state index in [9.17, 15) is 14.4 Å². The van der Waals surface area contributed by atoms with Crippen LogP contribution in [0.5, 0.6) is 0 Å². The van der Waals surface area contributed by atoms with Crippen molar-refractivity contribution in [2.24, 2.45) is 11.7 Å². The van der Waals surface area contributed by atoms with Crippen LogP contribution in [0.15, 0.2) is 48.5 Å². The van der Waals surface area contributed by atoms with Crippen molar-refractivity contribution in [1.29, 1.82) is 0 Å². The first kappa shape index (κ1) is 27.9. The number of nitrogen functional groups attached to an aromatic ring is 1. The predicted molar refractivity (Wildman–Crippen MR) is 149 cm³/mol. The number of rotatable bonds is 10. The van der Waals surface area contributed by atoms with Gasteiger partial charge in [0.1, 0.15) is 10.9 Å². The van der Waals surface area contributed by atoms with Crippen LogP contribution in [0.3, 0.4) is 0 Å². The third-order valence-corrected chi connectivity index (χ3v) is 6.98. The number of nitrogens with zero attached hydrogens (tertiary/aromatic N) is 2. The van der Waals surface area contributed by atoms with Gasteiger partial charge in [0.25, 0.3) is 11.8 Å². The van der Waals surface area contributed by atoms with Crippen molar-refractivity contribution >= 4 is 40.6 Å². The topological polar surface area (TPSA) is 131 Å². The predicted octanol–water partition coefficient (Wildman–Crippen LogP) is 4.81. The fraction of sp³-hybridized carbons (Fsp3) is 0.357. The van der Waals surface area contributed by atoms with E-state index in [1.165, 1.54) is 4.90 Å². The Morgan fingerprint density at radius 2 is 1.57 bits per heavy atom. The van der Waals surface area contributed by atoms with Gasteiger partial charge in [-0.2, -0.15) is 4.37 Å². The maximum absolute atomic E-state index is 14.1. The van der Waals surface area contributed by atoms with Crippen LogP contribution in [0.4, 0.5) is 11.4 Å². The molecule has 0 bridgehead atoms. The second kappa shape index (κ2) is 12.0. The summed E-state index contributed by atoms with van der Waals surface area (Å²) in [6, 6.07) is 14.0. The number of aromatic nitrogens is 1. The van der Waals surface area contributed by atoms with Crippen LogP contribution in [0.1, 0.15) is 82.9 Å². The summed E-state index contributed by atoms with van der Waals surface area (Å²) >= 11 is 0.793. The lowest BCUT2D eigenvalue weighted by atomic mass is 9.99. The average Bonchev–Trinajstić information content (AvgIpc) is 3.24. The molecule has 0 fully saturated rings. The highest BCUT2D eigenvalue weighted by Crippen LogP contribution is 2.34. The van der Waals surface area contributed by atoms with E-state index in [0.29, 0.717) is 29.6 Å². The summed E-state index contributed by atoms with van der Waals surface area (Å²) in [4.78, 5) is 41.0. The van der Waals surface area contributed by atoms with Crippen LogP contribution >= 0.6 is 11.5 Å². The number of hydrogen-bond acceptors (Lipinski definition) is 6. The molecule has 8 nitrogen and oxygen atoms in total. The van der Waals surface area contributed by atoms with Crippen molar-refractivity contribution in [3.05, 3.63) is 75.8 Å². The van der Waals surface area contributed by atoms with Gasteiger partial charge < -0.3 is 16.8 Å². The van der Waals surface area contributed by atoms with Gasteiger partial charge >= 0.3 is 0 Å². The van der Waals surface area contributed by atoms with Crippen LogP contribution in [-0.2, 0) is 4.79 Å². The first-order valence-electron chi connectivity index (χ1n) is 12.3. The van der Waals surface area contributed by atoms with E-state index in [2.05, 4.69) is 37.4 Å². The third kappa shape index (κ3) is 6.54. The van der Waals surface area contributed by atoms with Gasteiger partial charge in [-0.05, 0) is 60.0 Å². The van der Waals surface area contributed by atoms with Gasteiger partial charge in [0.2, 0.25) is 5.91 Å². The van der Waals surface area contributed by atoms with Crippen LogP contribution in [0.25, 0.3) is 0 Å². The summed E-state index contributed by atoms with van der Waals surface area (Å²) in [5, 5.41) is 3.00. The van der Waals surface area contributed by atoms with Gasteiger partial charge in [0, 0.05) is 12.2 Å². The Morgan fingerprint density at radius 1 is 0.973 bits per heavy atom. The van der Waals surface area contributed by atoms with Crippen LogP contribution in [0, 0.1) is 12.8 Å². The molecule has 37 heavy (non-hydrogen) atoms. The van der Waals surface area contributed by atoms with Gasteiger partial charge in [-0.1, -0.05) is 69.7 Å². The minimum Gasteiger partial charge on any atom is -0.395 e. The quantitative estimate of drug-likeness (QED) is 0.352. The Balaban J connectivity index is 2.16. The number of nitrogens with one attached hydrogen (secondary N) is 1. The highest BCUT2D eigenvalue weighted by atomic mass is 32.1. The summed E-state index contributed by atoms with van der Waals surface area (Å²) in [7, 11) is 0. The molecular weight excluding hydrogens is 486 g/mol. The van der Waals surface area contributed by atoms with Gasteiger partial charge in [0.05, 0.1) is 5.69 Å². The highest BCUT2D eigenvalue weighted by molar-refractivity contribution is 7.09. The smallest absolute Gasteiger partial charge is 0.273 e. The van der Waals surface area contributed by atoms with Crippen LogP contribution < -0.4 is 21.7 Å². The van der Waals surface area contributed by atoms with E-state index < -0.39 is 17.9 Å². The van der Waals surface area contributed by atoms with Crippen molar-refractivity contribution in [1.82, 2.24) is 9.69 Å². The van der Waals surface area contributed by atoms with Crippen molar-refractivity contribution < 1.29 is 14.4 Å². The largest absolute Gasteiger partial charge is 0.395 e. The number of amides is 3. The normalized spacial score (nSPS) is 12.0. The Hall–Kier alpha value is -3.72. The molecule has 1 aromatic heterocycles. The Labute approximate surface area is 222 Å². The lowest BCUT2D eigenvalue weighted by Crippen LogP contribution is -2.44. The molecule has 2 aromatic carbocycles. The van der Waals surface area contributed by atoms with E-state index >= 15 is 0 Å². The van der Waals surface area contributed by atoms with Crippen molar-refractivity contribution in [2.45, 2.75) is 53.0 Å². The number of carbonyl (C=O) groups excluding carboxylic acids is 3. The van der Waals surface area contributed by atoms with Crippen LogP contribution in [-0.4, -0.2) is 28.6 Å². The van der Waals surface area contributed by atoms with Gasteiger partial charge in [-0.3, -0.25) is 19.3 Å². The van der Waals surface area contributed by atoms with E-state index in [1.807, 2.05) is 55.5 Å². The third-order valence-electron chi connectivity index (χ3n) is 6.13. The Morgan fingerprint density at radius 3 is 2.08 bits per heavy atom. The SMILES string of the molecule is Cc1ccc([C@@H](C(=O)NCCC(C)C)N(C(=O)c2snc(C(N)=O)c2N)c2ccc(C(C)C)cc2)cc1. The molecule has 196 valence electrons. The van der Waals surface area contributed by atoms with Crippen molar-refractivity contribution in [3.8, 4) is 0 Å². The first-order valence-corrected chi connectivity index (χ1v) is 13.1. The zero-order valence-corrected chi connectivity index (χ0v) is 22.8. The fourth-order valence-corrected chi connectivity index (χ4v) is 4.63. The molecule has 3 aromatic rings. The molecule has 0 aliphatic heterocycles. The number of nitrogens with two attached hydrogens (primary N) is 2. The van der Waals surface area contributed by atoms with Gasteiger partial charge in [-0.15, -0.1) is 0 Å². The molecule has 0 saturated heterocycles. The van der Waals surface area contributed by atoms with Crippen molar-refractivity contribution in [2.75, 3.05) is 17.2 Å². The minimum atomic E-state index is -0.983. The molecular formula is C28H35N5O3S. The molecule has 0 spiro atoms. The molecule has 5 N–H and O–H groups in total. The van der Waals surface area contributed by atoms with Crippen LogP contribution in [0.2, 0.25) is 0 Å². The number of hydrogen-bond donors (Lipinski definition) is 3. The van der Waals surface area contributed by atoms with Gasteiger partial charge in [0.15, 0.2) is 5.69 Å². The summed E-state index contributed by atoms with van der Waals surface area (Å²) in [6.45, 7) is 10.8. The van der Waals surface area contributed by atoms with Crippen molar-refractivity contribution in [3.63, 3.8) is 0 Å². The van der Waals surface area contributed by atoms with E-state index in [4.69, 9.17) is 11.5 Å². The summed E-state index contributed by atoms with van der Waals surface area (Å²) < 4.78 is 4.00. The first-order chi connectivity index (χ1) is 17.5. The maximum atomic E-state index is 14.1. The Kier molecular flexibility index (Phi) is 9.04. The standard InChI is InChI=1S/C28H35N5O3S/c1-16(2)14-15-31-27(35)24(20-8-6-18(5)7-9-20)33(21-12-10-19(11-13-21)17(3)4)28(36)25-22(29)23(26(30)34)32-37-25/h6-13,16-17,24H,14-15,29H2,1-5H3,(H2,30,34)(H,31,35)/t24-/m0/s1. The molecule has 1 atom stereocenters. The van der Waals surface area contributed by atoms with Gasteiger partial charge in [-0.25, -0.2) is 0 Å². The average molecular weight is 522 g/mol. The summed E-state index contributed by atoms with van der Waals surface area (Å²) in [5.74, 6) is -0.972. The zero-order chi connectivity index (χ0) is 27.3. The van der Waals surface area contributed by atoms with E-state index in [0.717, 1.165) is 29.1 Å². The molecule has 0 aliphatic carbocycles. The molecule has 3 amide bonds.